The molecule has 0 atom stereocenters. The van der Waals surface area contributed by atoms with Crippen LogP contribution in [0.2, 0.25) is 0 Å². The molecule has 2 N–H and O–H groups in total. The number of esters is 1. The fourth-order valence-corrected chi connectivity index (χ4v) is 4.80. The van der Waals surface area contributed by atoms with Crippen LogP contribution in [-0.2, 0) is 22.4 Å². The largest absolute Gasteiger partial charge is 0.494 e. The normalized spacial score (nSPS) is 12.6. The first-order valence-corrected chi connectivity index (χ1v) is 10.8. The number of thiocarbonyl (C=S) groups is 1. The Kier molecular flexibility index (Phi) is 7.60. The minimum Gasteiger partial charge on any atom is -0.494 e. The van der Waals surface area contributed by atoms with Crippen molar-refractivity contribution in [3.8, 4) is 5.75 Å². The predicted octanol–water partition coefficient (Wildman–Crippen LogP) is 4.09. The van der Waals surface area contributed by atoms with Crippen LogP contribution >= 0.6 is 23.6 Å². The standard InChI is InChI=1S/C21H24N2O4S2/c1-26-20(25)18-15-10-5-6-11-16(15)29-19(18)23-21(28)22-17(24)12-7-13-27-14-8-3-2-4-9-14/h2-4,8-9H,5-7,10-13H2,1H3,(H2,22,23,24,28). The predicted molar refractivity (Wildman–Crippen MR) is 118 cm³/mol. The number of ether oxygens (including phenoxy) is 2. The maximum absolute atomic E-state index is 12.3. The van der Waals surface area contributed by atoms with E-state index >= 15 is 0 Å². The summed E-state index contributed by atoms with van der Waals surface area (Å²) < 4.78 is 10.5. The Hall–Kier alpha value is -2.45. The first-order chi connectivity index (χ1) is 14.1. The highest BCUT2D eigenvalue weighted by Crippen LogP contribution is 2.38. The molecule has 1 aromatic heterocycles. The number of hydrogen-bond donors (Lipinski definition) is 2. The van der Waals surface area contributed by atoms with Gasteiger partial charge in [0.15, 0.2) is 5.11 Å². The molecule has 3 rings (SSSR count). The number of carbonyl (C=O) groups is 2. The van der Waals surface area contributed by atoms with Crippen LogP contribution in [0, 0.1) is 0 Å². The van der Waals surface area contributed by atoms with Crippen LogP contribution in [0.3, 0.4) is 0 Å². The number of para-hydroxylation sites is 1. The number of benzene rings is 1. The zero-order valence-corrected chi connectivity index (χ0v) is 17.9. The molecule has 1 heterocycles. The zero-order valence-electron chi connectivity index (χ0n) is 16.3. The van der Waals surface area contributed by atoms with E-state index in [1.54, 1.807) is 0 Å². The van der Waals surface area contributed by atoms with E-state index in [-0.39, 0.29) is 17.0 Å². The average molecular weight is 433 g/mol. The first kappa shape index (κ1) is 21.3. The molecule has 0 spiro atoms. The maximum Gasteiger partial charge on any atom is 0.341 e. The Labute approximate surface area is 179 Å². The van der Waals surface area contributed by atoms with Gasteiger partial charge in [-0.15, -0.1) is 11.3 Å². The van der Waals surface area contributed by atoms with Crippen molar-refractivity contribution in [1.82, 2.24) is 5.32 Å². The van der Waals surface area contributed by atoms with E-state index in [0.29, 0.717) is 30.0 Å². The van der Waals surface area contributed by atoms with Gasteiger partial charge in [0.2, 0.25) is 5.91 Å². The van der Waals surface area contributed by atoms with Crippen molar-refractivity contribution >= 4 is 45.5 Å². The number of amides is 1. The Bertz CT molecular complexity index is 880. The molecule has 0 fully saturated rings. The minimum atomic E-state index is -0.376. The van der Waals surface area contributed by atoms with Gasteiger partial charge >= 0.3 is 5.97 Å². The fourth-order valence-electron chi connectivity index (χ4n) is 3.23. The molecule has 1 aliphatic carbocycles. The molecule has 8 heteroatoms. The molecular weight excluding hydrogens is 408 g/mol. The summed E-state index contributed by atoms with van der Waals surface area (Å²) in [5.41, 5.74) is 1.59. The van der Waals surface area contributed by atoms with Gasteiger partial charge in [0.05, 0.1) is 19.3 Å². The summed E-state index contributed by atoms with van der Waals surface area (Å²) in [7, 11) is 1.37. The number of methoxy groups -OCH3 is 1. The van der Waals surface area contributed by atoms with Crippen molar-refractivity contribution in [2.24, 2.45) is 0 Å². The summed E-state index contributed by atoms with van der Waals surface area (Å²) >= 11 is 6.78. The molecular formula is C21H24N2O4S2. The third-order valence-electron chi connectivity index (χ3n) is 4.60. The van der Waals surface area contributed by atoms with Gasteiger partial charge in [-0.2, -0.15) is 0 Å². The van der Waals surface area contributed by atoms with Gasteiger partial charge in [-0.1, -0.05) is 18.2 Å². The topological polar surface area (TPSA) is 76.7 Å². The number of carbonyl (C=O) groups excluding carboxylic acids is 2. The Morgan fingerprint density at radius 2 is 1.93 bits per heavy atom. The quantitative estimate of drug-likeness (QED) is 0.390. The van der Waals surface area contributed by atoms with Crippen LogP contribution in [0.25, 0.3) is 0 Å². The first-order valence-electron chi connectivity index (χ1n) is 9.60. The van der Waals surface area contributed by atoms with Crippen molar-refractivity contribution in [3.05, 3.63) is 46.3 Å². The lowest BCUT2D eigenvalue weighted by Crippen LogP contribution is -2.34. The summed E-state index contributed by atoms with van der Waals surface area (Å²) in [6.45, 7) is 0.446. The number of nitrogens with one attached hydrogen (secondary N) is 2. The van der Waals surface area contributed by atoms with Crippen molar-refractivity contribution in [3.63, 3.8) is 0 Å². The molecule has 0 unspecified atom stereocenters. The van der Waals surface area contributed by atoms with Gasteiger partial charge in [-0.3, -0.25) is 4.79 Å². The second-order valence-corrected chi connectivity index (χ2v) is 8.19. The van der Waals surface area contributed by atoms with Crippen LogP contribution in [-0.4, -0.2) is 30.7 Å². The number of aryl methyl sites for hydroxylation is 1. The lowest BCUT2D eigenvalue weighted by atomic mass is 9.95. The highest BCUT2D eigenvalue weighted by Gasteiger charge is 2.26. The number of hydrogen-bond acceptors (Lipinski definition) is 6. The van der Waals surface area contributed by atoms with E-state index in [1.807, 2.05) is 30.3 Å². The van der Waals surface area contributed by atoms with Gasteiger partial charge < -0.3 is 20.1 Å². The van der Waals surface area contributed by atoms with Crippen LogP contribution in [0.1, 0.15) is 46.5 Å². The zero-order chi connectivity index (χ0) is 20.6. The number of thiophene rings is 1. The highest BCUT2D eigenvalue weighted by atomic mass is 32.1. The van der Waals surface area contributed by atoms with Crippen LogP contribution < -0.4 is 15.4 Å². The SMILES string of the molecule is COC(=O)c1c(NC(=S)NC(=O)CCCOc2ccccc2)sc2c1CCCC2. The van der Waals surface area contributed by atoms with Crippen LogP contribution in [0.5, 0.6) is 5.75 Å². The summed E-state index contributed by atoms with van der Waals surface area (Å²) in [5, 5.41) is 6.51. The van der Waals surface area contributed by atoms with E-state index in [4.69, 9.17) is 21.7 Å². The monoisotopic (exact) mass is 432 g/mol. The molecule has 0 bridgehead atoms. The molecule has 2 aromatic rings. The maximum atomic E-state index is 12.3. The average Bonchev–Trinajstić information content (AvgIpc) is 3.09. The van der Waals surface area contributed by atoms with E-state index in [0.717, 1.165) is 37.0 Å². The molecule has 1 aromatic carbocycles. The van der Waals surface area contributed by atoms with Gasteiger partial charge in [0, 0.05) is 11.3 Å². The third kappa shape index (κ3) is 5.77. The lowest BCUT2D eigenvalue weighted by molar-refractivity contribution is -0.119. The van der Waals surface area contributed by atoms with Crippen molar-refractivity contribution in [2.45, 2.75) is 38.5 Å². The molecule has 6 nitrogen and oxygen atoms in total. The minimum absolute atomic E-state index is 0.183. The van der Waals surface area contributed by atoms with Crippen LogP contribution in [0.4, 0.5) is 5.00 Å². The molecule has 1 aliphatic rings. The number of fused-ring (bicyclic) bond motifs is 1. The summed E-state index contributed by atoms with van der Waals surface area (Å²) in [4.78, 5) is 25.6. The fraction of sp³-hybridized carbons (Fsp3) is 0.381. The summed E-state index contributed by atoms with van der Waals surface area (Å²) in [6, 6.07) is 9.47. The lowest BCUT2D eigenvalue weighted by Gasteiger charge is -2.12. The second-order valence-electron chi connectivity index (χ2n) is 6.67. The molecule has 1 amide bonds. The van der Waals surface area contributed by atoms with Crippen molar-refractivity contribution < 1.29 is 19.1 Å². The molecule has 29 heavy (non-hydrogen) atoms. The second kappa shape index (κ2) is 10.4. The molecule has 0 aliphatic heterocycles. The smallest absolute Gasteiger partial charge is 0.341 e. The van der Waals surface area contributed by atoms with E-state index in [9.17, 15) is 9.59 Å². The molecule has 0 saturated heterocycles. The number of rotatable bonds is 7. The number of anilines is 1. The Balaban J connectivity index is 1.50. The van der Waals surface area contributed by atoms with Gasteiger partial charge in [-0.05, 0) is 62.0 Å². The van der Waals surface area contributed by atoms with Crippen molar-refractivity contribution in [2.75, 3.05) is 19.0 Å². The Morgan fingerprint density at radius 3 is 2.69 bits per heavy atom. The molecule has 0 radical (unpaired) electrons. The van der Waals surface area contributed by atoms with E-state index in [1.165, 1.54) is 23.3 Å². The van der Waals surface area contributed by atoms with Crippen molar-refractivity contribution in [1.29, 1.82) is 0 Å². The van der Waals surface area contributed by atoms with Gasteiger partial charge in [0.25, 0.3) is 0 Å². The van der Waals surface area contributed by atoms with Crippen LogP contribution in [0.15, 0.2) is 30.3 Å². The van der Waals surface area contributed by atoms with E-state index in [2.05, 4.69) is 10.6 Å². The van der Waals surface area contributed by atoms with Gasteiger partial charge in [0.1, 0.15) is 10.8 Å². The molecule has 0 saturated carbocycles. The molecule has 154 valence electrons. The summed E-state index contributed by atoms with van der Waals surface area (Å²) in [6.07, 6.45) is 4.84. The Morgan fingerprint density at radius 1 is 1.17 bits per heavy atom. The summed E-state index contributed by atoms with van der Waals surface area (Å²) in [5.74, 6) is 0.210. The van der Waals surface area contributed by atoms with Gasteiger partial charge in [-0.25, -0.2) is 4.79 Å². The van der Waals surface area contributed by atoms with E-state index < -0.39 is 0 Å². The highest BCUT2D eigenvalue weighted by molar-refractivity contribution is 7.80. The third-order valence-corrected chi connectivity index (χ3v) is 6.01.